The van der Waals surface area contributed by atoms with Gasteiger partial charge in [-0.3, -0.25) is 14.8 Å². The fourth-order valence-electron chi connectivity index (χ4n) is 2.51. The molecule has 0 atom stereocenters. The van der Waals surface area contributed by atoms with E-state index < -0.39 is 11.7 Å². The zero-order valence-corrected chi connectivity index (χ0v) is 14.5. The van der Waals surface area contributed by atoms with E-state index in [1.54, 1.807) is 48.6 Å². The zero-order chi connectivity index (χ0) is 19.2. The lowest BCUT2D eigenvalue weighted by atomic mass is 10.0. The molecule has 0 unspecified atom stereocenters. The highest BCUT2D eigenvalue weighted by Crippen LogP contribution is 2.24. The molecule has 138 valence electrons. The first-order valence-electron chi connectivity index (χ1n) is 8.56. The van der Waals surface area contributed by atoms with Crippen molar-refractivity contribution in [2.45, 2.75) is 18.9 Å². The number of nitrogens with one attached hydrogen (secondary N) is 2. The first-order valence-corrected chi connectivity index (χ1v) is 8.56. The first kappa shape index (κ1) is 18.5. The summed E-state index contributed by atoms with van der Waals surface area (Å²) in [5.74, 6) is -1.25. The van der Waals surface area contributed by atoms with E-state index in [4.69, 9.17) is 5.21 Å². The molecule has 0 aromatic heterocycles. The Balaban J connectivity index is 1.87. The number of carbonyl (C=O) groups excluding carboxylic acids is 2. The van der Waals surface area contributed by atoms with Gasteiger partial charge in [-0.15, -0.1) is 0 Å². The van der Waals surface area contributed by atoms with Crippen LogP contribution in [-0.4, -0.2) is 23.1 Å². The molecule has 2 aromatic carbocycles. The fourth-order valence-corrected chi connectivity index (χ4v) is 2.51. The van der Waals surface area contributed by atoms with Crippen LogP contribution in [0.25, 0.3) is 17.7 Å². The Kier molecular flexibility index (Phi) is 5.78. The van der Waals surface area contributed by atoms with Crippen molar-refractivity contribution >= 4 is 29.5 Å². The lowest BCUT2D eigenvalue weighted by Gasteiger charge is -2.09. The van der Waals surface area contributed by atoms with Crippen LogP contribution in [0.3, 0.4) is 0 Å². The van der Waals surface area contributed by atoms with Gasteiger partial charge < -0.3 is 5.32 Å². The molecule has 1 aliphatic rings. The monoisotopic (exact) mass is 366 g/mol. The predicted octanol–water partition coefficient (Wildman–Crippen LogP) is 3.16. The van der Waals surface area contributed by atoms with Gasteiger partial charge in [-0.2, -0.15) is 0 Å². The van der Waals surface area contributed by atoms with Gasteiger partial charge in [0.25, 0.3) is 11.8 Å². The summed E-state index contributed by atoms with van der Waals surface area (Å²) in [5, 5.41) is 11.4. The SMILES string of the molecule is O=C(/C=C/c1ccc(C=C(C(=O)NC2CC2)c2cccc(F)c2)cc1)NO. The molecule has 0 heterocycles. The maximum Gasteiger partial charge on any atom is 0.267 e. The van der Waals surface area contributed by atoms with Crippen molar-refractivity contribution in [1.82, 2.24) is 10.8 Å². The molecule has 0 radical (unpaired) electrons. The Bertz CT molecular complexity index is 900. The third kappa shape index (κ3) is 5.36. The molecular weight excluding hydrogens is 347 g/mol. The van der Waals surface area contributed by atoms with Crippen LogP contribution in [0.1, 0.15) is 29.5 Å². The smallest absolute Gasteiger partial charge is 0.267 e. The van der Waals surface area contributed by atoms with E-state index in [1.165, 1.54) is 23.7 Å². The summed E-state index contributed by atoms with van der Waals surface area (Å²) in [6.07, 6.45) is 6.38. The second-order valence-corrected chi connectivity index (χ2v) is 6.29. The van der Waals surface area contributed by atoms with Crippen LogP contribution in [0, 0.1) is 5.82 Å². The number of amides is 2. The highest BCUT2D eigenvalue weighted by molar-refractivity contribution is 6.24. The largest absolute Gasteiger partial charge is 0.349 e. The molecule has 0 bridgehead atoms. The lowest BCUT2D eigenvalue weighted by molar-refractivity contribution is -0.124. The predicted molar refractivity (Wildman–Crippen MR) is 101 cm³/mol. The van der Waals surface area contributed by atoms with Crippen LogP contribution in [0.15, 0.2) is 54.6 Å². The summed E-state index contributed by atoms with van der Waals surface area (Å²) < 4.78 is 13.6. The lowest BCUT2D eigenvalue weighted by Crippen LogP contribution is -2.26. The molecule has 2 amide bonds. The molecule has 27 heavy (non-hydrogen) atoms. The number of carbonyl (C=O) groups is 2. The standard InChI is InChI=1S/C21H19FN2O3/c22-17-3-1-2-16(13-17)19(21(26)23-18-9-10-18)12-15-6-4-14(5-7-15)8-11-20(25)24-27/h1-8,11-13,18,27H,9-10H2,(H,23,26)(H,24,25)/b11-8+,19-12?. The second kappa shape index (κ2) is 8.42. The van der Waals surface area contributed by atoms with Crippen molar-refractivity contribution in [2.75, 3.05) is 0 Å². The van der Waals surface area contributed by atoms with Gasteiger partial charge in [0.2, 0.25) is 0 Å². The van der Waals surface area contributed by atoms with E-state index >= 15 is 0 Å². The minimum atomic E-state index is -0.621. The third-order valence-electron chi connectivity index (χ3n) is 4.08. The topological polar surface area (TPSA) is 78.4 Å². The number of hydrogen-bond acceptors (Lipinski definition) is 3. The number of rotatable bonds is 6. The first-order chi connectivity index (χ1) is 13.0. The Morgan fingerprint density at radius 2 is 1.78 bits per heavy atom. The van der Waals surface area contributed by atoms with Gasteiger partial charge in [-0.25, -0.2) is 9.87 Å². The van der Waals surface area contributed by atoms with Gasteiger partial charge in [-0.1, -0.05) is 36.4 Å². The minimum absolute atomic E-state index is 0.194. The molecule has 1 saturated carbocycles. The molecule has 1 fully saturated rings. The number of benzene rings is 2. The van der Waals surface area contributed by atoms with Crippen molar-refractivity contribution in [3.8, 4) is 0 Å². The van der Waals surface area contributed by atoms with E-state index in [0.717, 1.165) is 24.0 Å². The molecule has 2 aromatic rings. The summed E-state index contributed by atoms with van der Waals surface area (Å²) in [5.41, 5.74) is 3.94. The van der Waals surface area contributed by atoms with Crippen LogP contribution < -0.4 is 10.8 Å². The van der Waals surface area contributed by atoms with Gasteiger partial charge in [-0.05, 0) is 53.8 Å². The molecule has 5 nitrogen and oxygen atoms in total. The summed E-state index contributed by atoms with van der Waals surface area (Å²) in [6, 6.07) is 13.3. The van der Waals surface area contributed by atoms with Crippen LogP contribution in [-0.2, 0) is 9.59 Å². The van der Waals surface area contributed by atoms with E-state index in [2.05, 4.69) is 5.32 Å². The van der Waals surface area contributed by atoms with Gasteiger partial charge >= 0.3 is 0 Å². The zero-order valence-electron chi connectivity index (χ0n) is 14.5. The van der Waals surface area contributed by atoms with E-state index in [9.17, 15) is 14.0 Å². The number of hydroxylamine groups is 1. The highest BCUT2D eigenvalue weighted by atomic mass is 19.1. The average Bonchev–Trinajstić information content (AvgIpc) is 3.49. The Morgan fingerprint density at radius 3 is 2.41 bits per heavy atom. The van der Waals surface area contributed by atoms with Crippen molar-refractivity contribution in [2.24, 2.45) is 0 Å². The van der Waals surface area contributed by atoms with Gasteiger partial charge in [0, 0.05) is 17.7 Å². The summed E-state index contributed by atoms with van der Waals surface area (Å²) in [6.45, 7) is 0. The average molecular weight is 366 g/mol. The van der Waals surface area contributed by atoms with Crippen LogP contribution in [0.5, 0.6) is 0 Å². The number of hydrogen-bond donors (Lipinski definition) is 3. The fraction of sp³-hybridized carbons (Fsp3) is 0.143. The third-order valence-corrected chi connectivity index (χ3v) is 4.08. The molecular formula is C21H19FN2O3. The van der Waals surface area contributed by atoms with Crippen molar-refractivity contribution < 1.29 is 19.2 Å². The number of halogens is 1. The van der Waals surface area contributed by atoms with Crippen LogP contribution in [0.2, 0.25) is 0 Å². The Hall–Kier alpha value is -3.25. The summed E-state index contributed by atoms with van der Waals surface area (Å²) in [7, 11) is 0. The van der Waals surface area contributed by atoms with E-state index in [1.807, 2.05) is 0 Å². The van der Waals surface area contributed by atoms with Crippen molar-refractivity contribution in [3.63, 3.8) is 0 Å². The van der Waals surface area contributed by atoms with Crippen LogP contribution >= 0.6 is 0 Å². The van der Waals surface area contributed by atoms with Crippen LogP contribution in [0.4, 0.5) is 4.39 Å². The van der Waals surface area contributed by atoms with Crippen molar-refractivity contribution in [3.05, 3.63) is 77.1 Å². The molecule has 3 N–H and O–H groups in total. The quantitative estimate of drug-likeness (QED) is 0.318. The molecule has 1 aliphatic carbocycles. The molecule has 0 spiro atoms. The highest BCUT2D eigenvalue weighted by Gasteiger charge is 2.25. The Morgan fingerprint density at radius 1 is 1.07 bits per heavy atom. The molecule has 6 heteroatoms. The maximum absolute atomic E-state index is 13.6. The Labute approximate surface area is 156 Å². The second-order valence-electron chi connectivity index (χ2n) is 6.29. The minimum Gasteiger partial charge on any atom is -0.349 e. The maximum atomic E-state index is 13.6. The van der Waals surface area contributed by atoms with Gasteiger partial charge in [0.1, 0.15) is 5.82 Å². The summed E-state index contributed by atoms with van der Waals surface area (Å²) in [4.78, 5) is 23.6. The molecule has 3 rings (SSSR count). The normalized spacial score (nSPS) is 14.2. The van der Waals surface area contributed by atoms with E-state index in [0.29, 0.717) is 11.1 Å². The van der Waals surface area contributed by atoms with E-state index in [-0.39, 0.29) is 11.9 Å². The summed E-state index contributed by atoms with van der Waals surface area (Å²) >= 11 is 0. The van der Waals surface area contributed by atoms with Crippen molar-refractivity contribution in [1.29, 1.82) is 0 Å². The van der Waals surface area contributed by atoms with Gasteiger partial charge in [0.05, 0.1) is 0 Å². The molecule has 0 saturated heterocycles. The van der Waals surface area contributed by atoms with Gasteiger partial charge in [0.15, 0.2) is 0 Å². The molecule has 0 aliphatic heterocycles.